The summed E-state index contributed by atoms with van der Waals surface area (Å²) in [5.74, 6) is 2.60. The van der Waals surface area contributed by atoms with Crippen molar-refractivity contribution >= 4 is 17.2 Å². The number of aromatic nitrogens is 1. The van der Waals surface area contributed by atoms with Crippen molar-refractivity contribution in [2.75, 3.05) is 6.54 Å². The van der Waals surface area contributed by atoms with Gasteiger partial charge >= 0.3 is 0 Å². The van der Waals surface area contributed by atoms with Gasteiger partial charge in [-0.15, -0.1) is 6.42 Å². The Morgan fingerprint density at radius 2 is 2.50 bits per heavy atom. The molecule has 0 radical (unpaired) electrons. The number of nitrogens with one attached hydrogen (secondary N) is 1. The molecule has 1 heterocycles. The molecular weight excluding hydrogens is 192 g/mol. The van der Waals surface area contributed by atoms with Crippen molar-refractivity contribution in [3.8, 4) is 12.3 Å². The van der Waals surface area contributed by atoms with Crippen LogP contribution in [-0.4, -0.2) is 16.5 Å². The molecule has 0 bridgehead atoms. The van der Waals surface area contributed by atoms with Crippen LogP contribution in [0.25, 0.3) is 0 Å². The van der Waals surface area contributed by atoms with Gasteiger partial charge in [-0.3, -0.25) is 4.98 Å². The van der Waals surface area contributed by atoms with Crippen molar-refractivity contribution < 1.29 is 0 Å². The summed E-state index contributed by atoms with van der Waals surface area (Å²) in [5.41, 5.74) is 0.960. The lowest BCUT2D eigenvalue weighted by Crippen LogP contribution is -2.26. The first-order valence-corrected chi connectivity index (χ1v) is 4.78. The molecule has 0 fully saturated rings. The van der Waals surface area contributed by atoms with Crippen molar-refractivity contribution in [3.63, 3.8) is 0 Å². The summed E-state index contributed by atoms with van der Waals surface area (Å²) in [7, 11) is 0. The van der Waals surface area contributed by atoms with Gasteiger partial charge in [-0.1, -0.05) is 31.1 Å². The Bertz CT molecular complexity index is 340. The van der Waals surface area contributed by atoms with Crippen molar-refractivity contribution in [2.45, 2.75) is 12.8 Å². The molecule has 2 nitrogen and oxygen atoms in total. The maximum absolute atomic E-state index is 5.18. The predicted octanol–water partition coefficient (Wildman–Crippen LogP) is 1.74. The van der Waals surface area contributed by atoms with Gasteiger partial charge in [0, 0.05) is 17.8 Å². The van der Waals surface area contributed by atoms with Crippen LogP contribution in [0.5, 0.6) is 0 Å². The molecule has 0 aromatic carbocycles. The number of nitrogens with zero attached hydrogens (tertiary/aromatic N) is 1. The average molecular weight is 204 g/mol. The highest BCUT2D eigenvalue weighted by Crippen LogP contribution is 2.12. The standard InChI is InChI=1S/C11H12N2S/c1-3-7-13-11(14)9(2)10-6-4-5-8-12-10/h1,4-6,8-9H,7H2,2H3,(H,13,14). The first kappa shape index (κ1) is 10.7. The molecule has 0 aliphatic heterocycles. The molecule has 1 N–H and O–H groups in total. The normalized spacial score (nSPS) is 11.4. The van der Waals surface area contributed by atoms with Crippen molar-refractivity contribution in [2.24, 2.45) is 0 Å². The Kier molecular flexibility index (Phi) is 4.09. The molecule has 0 saturated heterocycles. The SMILES string of the molecule is C#CCNC(=S)C(C)c1ccccn1. The minimum Gasteiger partial charge on any atom is -0.368 e. The summed E-state index contributed by atoms with van der Waals surface area (Å²) < 4.78 is 0. The fourth-order valence-electron chi connectivity index (χ4n) is 1.06. The number of pyridine rings is 1. The van der Waals surface area contributed by atoms with Gasteiger partial charge in [0.15, 0.2) is 0 Å². The molecule has 0 amide bonds. The quantitative estimate of drug-likeness (QED) is 0.599. The van der Waals surface area contributed by atoms with Gasteiger partial charge in [-0.2, -0.15) is 0 Å². The van der Waals surface area contributed by atoms with E-state index in [1.165, 1.54) is 0 Å². The molecule has 1 atom stereocenters. The van der Waals surface area contributed by atoms with E-state index >= 15 is 0 Å². The third-order valence-electron chi connectivity index (χ3n) is 1.89. The van der Waals surface area contributed by atoms with Crippen LogP contribution in [-0.2, 0) is 0 Å². The third-order valence-corrected chi connectivity index (χ3v) is 2.39. The number of thiocarbonyl (C=S) groups is 1. The minimum absolute atomic E-state index is 0.111. The van der Waals surface area contributed by atoms with E-state index < -0.39 is 0 Å². The molecule has 1 unspecified atom stereocenters. The summed E-state index contributed by atoms with van der Waals surface area (Å²) in [4.78, 5) is 4.97. The fourth-order valence-corrected chi connectivity index (χ4v) is 1.25. The zero-order valence-electron chi connectivity index (χ0n) is 8.03. The van der Waals surface area contributed by atoms with Crippen LogP contribution in [0.2, 0.25) is 0 Å². The molecule has 0 saturated carbocycles. The number of terminal acetylenes is 1. The van der Waals surface area contributed by atoms with Gasteiger partial charge in [0.2, 0.25) is 0 Å². The van der Waals surface area contributed by atoms with Crippen LogP contribution in [0.4, 0.5) is 0 Å². The predicted molar refractivity (Wildman–Crippen MR) is 62.1 cm³/mol. The Labute approximate surface area is 89.7 Å². The van der Waals surface area contributed by atoms with Crippen LogP contribution >= 0.6 is 12.2 Å². The van der Waals surface area contributed by atoms with E-state index in [9.17, 15) is 0 Å². The summed E-state index contributed by atoms with van der Waals surface area (Å²) in [6, 6.07) is 5.78. The second-order valence-electron chi connectivity index (χ2n) is 2.90. The summed E-state index contributed by atoms with van der Waals surface area (Å²) in [6.07, 6.45) is 6.89. The van der Waals surface area contributed by atoms with Crippen LogP contribution in [0.1, 0.15) is 18.5 Å². The highest BCUT2D eigenvalue weighted by molar-refractivity contribution is 7.80. The zero-order chi connectivity index (χ0) is 10.4. The van der Waals surface area contributed by atoms with Crippen molar-refractivity contribution in [1.82, 2.24) is 10.3 Å². The lowest BCUT2D eigenvalue weighted by atomic mass is 10.1. The maximum Gasteiger partial charge on any atom is 0.0849 e. The molecule has 1 rings (SSSR count). The summed E-state index contributed by atoms with van der Waals surface area (Å²) in [5, 5.41) is 2.99. The van der Waals surface area contributed by atoms with E-state index in [-0.39, 0.29) is 5.92 Å². The average Bonchev–Trinajstić information content (AvgIpc) is 2.26. The van der Waals surface area contributed by atoms with Crippen LogP contribution in [0, 0.1) is 12.3 Å². The largest absolute Gasteiger partial charge is 0.368 e. The monoisotopic (exact) mass is 204 g/mol. The van der Waals surface area contributed by atoms with Gasteiger partial charge in [0.1, 0.15) is 0 Å². The molecule has 14 heavy (non-hydrogen) atoms. The molecule has 72 valence electrons. The topological polar surface area (TPSA) is 24.9 Å². The number of hydrogen-bond acceptors (Lipinski definition) is 2. The van der Waals surface area contributed by atoms with Crippen LogP contribution in [0.3, 0.4) is 0 Å². The Morgan fingerprint density at radius 3 is 3.07 bits per heavy atom. The minimum atomic E-state index is 0.111. The van der Waals surface area contributed by atoms with Gasteiger partial charge in [-0.25, -0.2) is 0 Å². The highest BCUT2D eigenvalue weighted by atomic mass is 32.1. The first-order chi connectivity index (χ1) is 6.75. The van der Waals surface area contributed by atoms with Crippen molar-refractivity contribution in [3.05, 3.63) is 30.1 Å². The van der Waals surface area contributed by atoms with E-state index in [0.29, 0.717) is 6.54 Å². The summed E-state index contributed by atoms with van der Waals surface area (Å²) >= 11 is 5.18. The van der Waals surface area contributed by atoms with E-state index in [0.717, 1.165) is 10.7 Å². The number of rotatable bonds is 3. The Morgan fingerprint density at radius 1 is 1.71 bits per heavy atom. The van der Waals surface area contributed by atoms with Crippen molar-refractivity contribution in [1.29, 1.82) is 0 Å². The molecule has 3 heteroatoms. The van der Waals surface area contributed by atoms with Gasteiger partial charge < -0.3 is 5.32 Å². The van der Waals surface area contributed by atoms with Gasteiger partial charge in [-0.05, 0) is 12.1 Å². The number of hydrogen-bond donors (Lipinski definition) is 1. The molecule has 0 aliphatic rings. The van der Waals surface area contributed by atoms with Crippen LogP contribution in [0.15, 0.2) is 24.4 Å². The van der Waals surface area contributed by atoms with E-state index in [1.54, 1.807) is 6.20 Å². The highest BCUT2D eigenvalue weighted by Gasteiger charge is 2.10. The molecule has 1 aromatic heterocycles. The Hall–Kier alpha value is -1.40. The first-order valence-electron chi connectivity index (χ1n) is 4.38. The lowest BCUT2D eigenvalue weighted by molar-refractivity contribution is 0.906. The second kappa shape index (κ2) is 5.36. The molecule has 1 aromatic rings. The molecule has 0 aliphatic carbocycles. The third kappa shape index (κ3) is 2.82. The van der Waals surface area contributed by atoms with Crippen LogP contribution < -0.4 is 5.32 Å². The lowest BCUT2D eigenvalue weighted by Gasteiger charge is -2.12. The molecule has 0 spiro atoms. The van der Waals surface area contributed by atoms with E-state index in [2.05, 4.69) is 16.2 Å². The van der Waals surface area contributed by atoms with Gasteiger partial charge in [0.25, 0.3) is 0 Å². The summed E-state index contributed by atoms with van der Waals surface area (Å²) in [6.45, 7) is 2.48. The zero-order valence-corrected chi connectivity index (χ0v) is 8.84. The Balaban J connectivity index is 2.62. The van der Waals surface area contributed by atoms with E-state index in [4.69, 9.17) is 18.6 Å². The fraction of sp³-hybridized carbons (Fsp3) is 0.273. The van der Waals surface area contributed by atoms with Gasteiger partial charge in [0.05, 0.1) is 11.5 Å². The molecular formula is C11H12N2S. The van der Waals surface area contributed by atoms with E-state index in [1.807, 2.05) is 25.1 Å². The maximum atomic E-state index is 5.18. The smallest absolute Gasteiger partial charge is 0.0849 e. The second-order valence-corrected chi connectivity index (χ2v) is 3.34.